The zero-order chi connectivity index (χ0) is 13.8. The van der Waals surface area contributed by atoms with Crippen molar-refractivity contribution in [2.45, 2.75) is 26.3 Å². The summed E-state index contributed by atoms with van der Waals surface area (Å²) in [5.41, 5.74) is 2.29. The molecule has 0 bridgehead atoms. The Morgan fingerprint density at radius 1 is 1.53 bits per heavy atom. The molecule has 1 fully saturated rings. The lowest BCUT2D eigenvalue weighted by Gasteiger charge is -2.30. The number of aryl methyl sites for hydroxylation is 1. The number of carboxylic acids is 1. The number of piperidine rings is 1. The summed E-state index contributed by atoms with van der Waals surface area (Å²) in [5.74, 6) is -1.24. The molecular weight excluding hydrogens is 264 g/mol. The first-order chi connectivity index (χ1) is 9.08. The van der Waals surface area contributed by atoms with Crippen LogP contribution >= 0.6 is 11.3 Å². The molecular formula is C13H18N2O3S. The van der Waals surface area contributed by atoms with Crippen molar-refractivity contribution in [2.24, 2.45) is 5.92 Å². The number of carbonyl (C=O) groups is 2. The van der Waals surface area contributed by atoms with Crippen LogP contribution in [0.2, 0.25) is 0 Å². The molecule has 1 aromatic heterocycles. The summed E-state index contributed by atoms with van der Waals surface area (Å²) in [4.78, 5) is 24.6. The van der Waals surface area contributed by atoms with Crippen LogP contribution in [0, 0.1) is 12.8 Å². The second-order valence-electron chi connectivity index (χ2n) is 4.86. The van der Waals surface area contributed by atoms with E-state index in [4.69, 9.17) is 5.11 Å². The van der Waals surface area contributed by atoms with E-state index in [0.717, 1.165) is 12.0 Å². The molecule has 2 N–H and O–H groups in total. The number of nitrogens with zero attached hydrogens (tertiary/aromatic N) is 1. The maximum atomic E-state index is 12.0. The number of rotatable bonds is 3. The van der Waals surface area contributed by atoms with E-state index in [1.807, 2.05) is 17.7 Å². The highest BCUT2D eigenvalue weighted by molar-refractivity contribution is 7.08. The van der Waals surface area contributed by atoms with Gasteiger partial charge in [0.1, 0.15) is 0 Å². The first kappa shape index (κ1) is 13.9. The van der Waals surface area contributed by atoms with Crippen molar-refractivity contribution in [1.29, 1.82) is 0 Å². The molecule has 0 saturated carbocycles. The Hall–Kier alpha value is -1.56. The highest BCUT2D eigenvalue weighted by atomic mass is 32.1. The maximum absolute atomic E-state index is 12.0. The van der Waals surface area contributed by atoms with Gasteiger partial charge in [0, 0.05) is 19.6 Å². The minimum atomic E-state index is -0.814. The molecule has 104 valence electrons. The predicted molar refractivity (Wildman–Crippen MR) is 73.2 cm³/mol. The normalized spacial score (nSPS) is 19.2. The highest BCUT2D eigenvalue weighted by Crippen LogP contribution is 2.17. The fraction of sp³-hybridized carbons (Fsp3) is 0.538. The molecule has 1 aliphatic heterocycles. The van der Waals surface area contributed by atoms with Crippen LogP contribution in [0.25, 0.3) is 0 Å². The Morgan fingerprint density at radius 3 is 2.95 bits per heavy atom. The van der Waals surface area contributed by atoms with Crippen molar-refractivity contribution in [3.8, 4) is 0 Å². The fourth-order valence-corrected chi connectivity index (χ4v) is 3.07. The quantitative estimate of drug-likeness (QED) is 0.891. The van der Waals surface area contributed by atoms with E-state index in [2.05, 4.69) is 5.32 Å². The van der Waals surface area contributed by atoms with Crippen LogP contribution in [0.4, 0.5) is 4.79 Å². The maximum Gasteiger partial charge on any atom is 0.317 e. The number of hydrogen-bond donors (Lipinski definition) is 2. The van der Waals surface area contributed by atoms with Gasteiger partial charge in [0.2, 0.25) is 0 Å². The van der Waals surface area contributed by atoms with Gasteiger partial charge in [-0.05, 0) is 41.7 Å². The van der Waals surface area contributed by atoms with E-state index >= 15 is 0 Å². The third-order valence-corrected chi connectivity index (χ3v) is 4.36. The average Bonchev–Trinajstić information content (AvgIpc) is 2.81. The molecule has 1 aromatic rings. The van der Waals surface area contributed by atoms with Gasteiger partial charge in [0.05, 0.1) is 5.92 Å². The SMILES string of the molecule is Cc1cscc1CNC(=O)N1CCC[C@H](C(=O)O)C1. The summed E-state index contributed by atoms with van der Waals surface area (Å²) in [5, 5.41) is 15.9. The third kappa shape index (κ3) is 3.47. The fourth-order valence-electron chi connectivity index (χ4n) is 2.21. The van der Waals surface area contributed by atoms with Gasteiger partial charge in [0.15, 0.2) is 0 Å². The van der Waals surface area contributed by atoms with Crippen molar-refractivity contribution < 1.29 is 14.7 Å². The molecule has 0 spiro atoms. The Balaban J connectivity index is 1.86. The molecule has 0 aliphatic carbocycles. The highest BCUT2D eigenvalue weighted by Gasteiger charge is 2.27. The zero-order valence-electron chi connectivity index (χ0n) is 10.9. The van der Waals surface area contributed by atoms with Gasteiger partial charge in [-0.3, -0.25) is 4.79 Å². The van der Waals surface area contributed by atoms with Crippen molar-refractivity contribution in [2.75, 3.05) is 13.1 Å². The molecule has 0 radical (unpaired) electrons. The van der Waals surface area contributed by atoms with Crippen LogP contribution in [0.5, 0.6) is 0 Å². The Morgan fingerprint density at radius 2 is 2.32 bits per heavy atom. The van der Waals surface area contributed by atoms with Crippen LogP contribution < -0.4 is 5.32 Å². The predicted octanol–water partition coefficient (Wildman–Crippen LogP) is 2.06. The number of carboxylic acid groups (broad SMARTS) is 1. The summed E-state index contributed by atoms with van der Waals surface area (Å²) in [6.45, 7) is 3.46. The molecule has 0 unspecified atom stereocenters. The summed E-state index contributed by atoms with van der Waals surface area (Å²) in [6.07, 6.45) is 1.41. The first-order valence-electron chi connectivity index (χ1n) is 6.35. The summed E-state index contributed by atoms with van der Waals surface area (Å²) in [7, 11) is 0. The molecule has 2 heterocycles. The number of thiophene rings is 1. The van der Waals surface area contributed by atoms with E-state index in [9.17, 15) is 9.59 Å². The van der Waals surface area contributed by atoms with Crippen molar-refractivity contribution in [1.82, 2.24) is 10.2 Å². The van der Waals surface area contributed by atoms with E-state index in [1.54, 1.807) is 16.2 Å². The third-order valence-electron chi connectivity index (χ3n) is 3.45. The number of urea groups is 1. The molecule has 19 heavy (non-hydrogen) atoms. The van der Waals surface area contributed by atoms with Crippen molar-refractivity contribution >= 4 is 23.3 Å². The smallest absolute Gasteiger partial charge is 0.317 e. The second-order valence-corrected chi connectivity index (χ2v) is 5.61. The van der Waals surface area contributed by atoms with E-state index < -0.39 is 11.9 Å². The first-order valence-corrected chi connectivity index (χ1v) is 7.29. The molecule has 2 rings (SSSR count). The van der Waals surface area contributed by atoms with Crippen LogP contribution in [-0.4, -0.2) is 35.1 Å². The second kappa shape index (κ2) is 6.06. The summed E-state index contributed by atoms with van der Waals surface area (Å²) >= 11 is 1.62. The van der Waals surface area contributed by atoms with Crippen LogP contribution in [-0.2, 0) is 11.3 Å². The Bertz CT molecular complexity index is 472. The van der Waals surface area contributed by atoms with Gasteiger partial charge in [0.25, 0.3) is 0 Å². The molecule has 2 amide bonds. The van der Waals surface area contributed by atoms with E-state index in [-0.39, 0.29) is 6.03 Å². The van der Waals surface area contributed by atoms with Crippen LogP contribution in [0.3, 0.4) is 0 Å². The zero-order valence-corrected chi connectivity index (χ0v) is 11.7. The lowest BCUT2D eigenvalue weighted by molar-refractivity contribution is -0.143. The number of aliphatic carboxylic acids is 1. The van der Waals surface area contributed by atoms with Gasteiger partial charge in [-0.15, -0.1) is 0 Å². The minimum Gasteiger partial charge on any atom is -0.481 e. The van der Waals surface area contributed by atoms with Gasteiger partial charge in [-0.25, -0.2) is 4.79 Å². The van der Waals surface area contributed by atoms with E-state index in [0.29, 0.717) is 26.1 Å². The number of amides is 2. The van der Waals surface area contributed by atoms with Gasteiger partial charge in [-0.2, -0.15) is 11.3 Å². The molecule has 6 heteroatoms. The Kier molecular flexibility index (Phi) is 4.42. The average molecular weight is 282 g/mol. The van der Waals surface area contributed by atoms with Gasteiger partial charge in [-0.1, -0.05) is 0 Å². The number of carbonyl (C=O) groups excluding carboxylic acids is 1. The van der Waals surface area contributed by atoms with Crippen LogP contribution in [0.15, 0.2) is 10.8 Å². The lowest BCUT2D eigenvalue weighted by atomic mass is 9.99. The molecule has 1 atom stereocenters. The summed E-state index contributed by atoms with van der Waals surface area (Å²) in [6, 6.07) is -0.170. The monoisotopic (exact) mass is 282 g/mol. The standard InChI is InChI=1S/C13H18N2O3S/c1-9-7-19-8-11(9)5-14-13(18)15-4-2-3-10(6-15)12(16)17/h7-8,10H,2-6H2,1H3,(H,14,18)(H,16,17)/t10-/m0/s1. The lowest BCUT2D eigenvalue weighted by Crippen LogP contribution is -2.46. The largest absolute Gasteiger partial charge is 0.481 e. The molecule has 1 saturated heterocycles. The Labute approximate surface area is 116 Å². The van der Waals surface area contributed by atoms with Crippen molar-refractivity contribution in [3.63, 3.8) is 0 Å². The minimum absolute atomic E-state index is 0.170. The van der Waals surface area contributed by atoms with Gasteiger partial charge >= 0.3 is 12.0 Å². The number of likely N-dealkylation sites (tertiary alicyclic amines) is 1. The molecule has 0 aromatic carbocycles. The number of hydrogen-bond acceptors (Lipinski definition) is 3. The van der Waals surface area contributed by atoms with Crippen LogP contribution in [0.1, 0.15) is 24.0 Å². The molecule has 5 nitrogen and oxygen atoms in total. The topological polar surface area (TPSA) is 69.6 Å². The summed E-state index contributed by atoms with van der Waals surface area (Å²) < 4.78 is 0. The van der Waals surface area contributed by atoms with Gasteiger partial charge < -0.3 is 15.3 Å². The van der Waals surface area contributed by atoms with Crippen molar-refractivity contribution in [3.05, 3.63) is 21.9 Å². The van der Waals surface area contributed by atoms with E-state index in [1.165, 1.54) is 5.56 Å². The molecule has 1 aliphatic rings. The number of nitrogens with one attached hydrogen (secondary N) is 1.